The van der Waals surface area contributed by atoms with Crippen LogP contribution in [-0.2, 0) is 9.59 Å². The minimum absolute atomic E-state index is 0.107. The van der Waals surface area contributed by atoms with Crippen LogP contribution in [0.25, 0.3) is 0 Å². The lowest BCUT2D eigenvalue weighted by molar-refractivity contribution is -0.137. The van der Waals surface area contributed by atoms with E-state index in [4.69, 9.17) is 4.74 Å². The van der Waals surface area contributed by atoms with Crippen molar-refractivity contribution in [3.05, 3.63) is 91.0 Å². The Balaban J connectivity index is 1.69. The molecular formula is C22H19O3P. The summed E-state index contributed by atoms with van der Waals surface area (Å²) < 4.78 is 5.23. The van der Waals surface area contributed by atoms with Crippen LogP contribution in [0.5, 0.6) is 5.75 Å². The van der Waals surface area contributed by atoms with Gasteiger partial charge < -0.3 is 4.74 Å². The standard InChI is InChI=1S/C22H19O3P/c23-18(16-22(24)25-19-10-4-1-5-11-19)17-26(20-12-6-2-7-13-20)21-14-8-3-9-15-21/h1-15H,16-17H2. The van der Waals surface area contributed by atoms with E-state index in [9.17, 15) is 9.59 Å². The summed E-state index contributed by atoms with van der Waals surface area (Å²) in [5.74, 6) is -0.166. The number of ketones is 1. The summed E-state index contributed by atoms with van der Waals surface area (Å²) in [5.41, 5.74) is 0. The van der Waals surface area contributed by atoms with E-state index in [1.807, 2.05) is 66.7 Å². The maximum absolute atomic E-state index is 12.5. The summed E-state index contributed by atoms with van der Waals surface area (Å²) >= 11 is 0. The molecule has 0 bridgehead atoms. The van der Waals surface area contributed by atoms with Crippen LogP contribution in [0.4, 0.5) is 0 Å². The molecule has 3 aromatic carbocycles. The van der Waals surface area contributed by atoms with Crippen molar-refractivity contribution in [2.24, 2.45) is 0 Å². The van der Waals surface area contributed by atoms with E-state index < -0.39 is 13.9 Å². The Bertz CT molecular complexity index is 809. The monoisotopic (exact) mass is 362 g/mol. The van der Waals surface area contributed by atoms with Gasteiger partial charge in [0.2, 0.25) is 0 Å². The summed E-state index contributed by atoms with van der Waals surface area (Å²) in [5, 5.41) is 2.25. The van der Waals surface area contributed by atoms with Crippen molar-refractivity contribution in [3.8, 4) is 5.75 Å². The molecule has 0 radical (unpaired) electrons. The molecule has 0 unspecified atom stereocenters. The molecule has 0 amide bonds. The van der Waals surface area contributed by atoms with Crippen molar-refractivity contribution in [1.82, 2.24) is 0 Å². The third kappa shape index (κ3) is 5.11. The van der Waals surface area contributed by atoms with E-state index >= 15 is 0 Å². The Labute approximate surface area is 154 Å². The van der Waals surface area contributed by atoms with Crippen molar-refractivity contribution in [2.45, 2.75) is 6.42 Å². The Kier molecular flexibility index (Phi) is 6.29. The molecule has 0 spiro atoms. The van der Waals surface area contributed by atoms with Gasteiger partial charge >= 0.3 is 5.97 Å². The van der Waals surface area contributed by atoms with Crippen LogP contribution < -0.4 is 15.3 Å². The fourth-order valence-corrected chi connectivity index (χ4v) is 4.79. The number of rotatable bonds is 7. The zero-order valence-corrected chi connectivity index (χ0v) is 15.1. The molecular weight excluding hydrogens is 343 g/mol. The number of carbonyl (C=O) groups excluding carboxylic acids is 2. The van der Waals surface area contributed by atoms with Crippen molar-refractivity contribution >= 4 is 30.3 Å². The van der Waals surface area contributed by atoms with Crippen molar-refractivity contribution in [2.75, 3.05) is 6.16 Å². The zero-order valence-electron chi connectivity index (χ0n) is 14.2. The molecule has 4 heteroatoms. The van der Waals surface area contributed by atoms with E-state index in [-0.39, 0.29) is 12.2 Å². The van der Waals surface area contributed by atoms with Crippen LogP contribution in [0.1, 0.15) is 6.42 Å². The Morgan fingerprint density at radius 1 is 0.692 bits per heavy atom. The first kappa shape index (κ1) is 18.0. The minimum Gasteiger partial charge on any atom is -0.426 e. The molecule has 0 aliphatic rings. The lowest BCUT2D eigenvalue weighted by Crippen LogP contribution is -2.21. The SMILES string of the molecule is O=C(CC(=O)Oc1ccccc1)CP(c1ccccc1)c1ccccc1. The second-order valence-corrected chi connectivity index (χ2v) is 7.96. The van der Waals surface area contributed by atoms with E-state index in [0.717, 1.165) is 10.6 Å². The van der Waals surface area contributed by atoms with Gasteiger partial charge in [-0.1, -0.05) is 78.9 Å². The van der Waals surface area contributed by atoms with E-state index in [2.05, 4.69) is 0 Å². The fourth-order valence-electron chi connectivity index (χ4n) is 2.60. The number of Topliss-reactive ketones (excluding diaryl/α,β-unsaturated/α-hetero) is 1. The molecule has 0 atom stereocenters. The topological polar surface area (TPSA) is 43.4 Å². The van der Waals surface area contributed by atoms with Crippen LogP contribution in [0.3, 0.4) is 0 Å². The molecule has 3 aromatic rings. The quantitative estimate of drug-likeness (QED) is 0.279. The molecule has 0 aliphatic heterocycles. The number of benzene rings is 3. The van der Waals surface area contributed by atoms with Gasteiger partial charge in [0.25, 0.3) is 0 Å². The van der Waals surface area contributed by atoms with Gasteiger partial charge in [-0.3, -0.25) is 9.59 Å². The number of para-hydroxylation sites is 1. The average molecular weight is 362 g/mol. The summed E-state index contributed by atoms with van der Waals surface area (Å²) in [7, 11) is -0.837. The van der Waals surface area contributed by atoms with Gasteiger partial charge in [-0.15, -0.1) is 0 Å². The number of carbonyl (C=O) groups is 2. The summed E-state index contributed by atoms with van der Waals surface area (Å²) in [4.78, 5) is 24.6. The largest absolute Gasteiger partial charge is 0.426 e. The Morgan fingerprint density at radius 3 is 1.65 bits per heavy atom. The van der Waals surface area contributed by atoms with Crippen LogP contribution >= 0.6 is 7.92 Å². The summed E-state index contributed by atoms with van der Waals surface area (Å²) in [6.07, 6.45) is 0.112. The molecule has 26 heavy (non-hydrogen) atoms. The maximum atomic E-state index is 12.5. The smallest absolute Gasteiger partial charge is 0.318 e. The molecule has 0 saturated carbocycles. The number of hydrogen-bond donors (Lipinski definition) is 0. The Hall–Kier alpha value is -2.77. The predicted molar refractivity (Wildman–Crippen MR) is 106 cm³/mol. The van der Waals surface area contributed by atoms with Gasteiger partial charge in [0.15, 0.2) is 0 Å². The van der Waals surface area contributed by atoms with Gasteiger partial charge in [0, 0.05) is 6.16 Å². The first-order valence-corrected chi connectivity index (χ1v) is 9.90. The molecule has 0 heterocycles. The maximum Gasteiger partial charge on any atom is 0.318 e. The van der Waals surface area contributed by atoms with Gasteiger partial charge in [-0.2, -0.15) is 0 Å². The average Bonchev–Trinajstić information content (AvgIpc) is 2.68. The normalized spacial score (nSPS) is 10.5. The molecule has 130 valence electrons. The second-order valence-electron chi connectivity index (χ2n) is 5.76. The number of hydrogen-bond acceptors (Lipinski definition) is 3. The molecule has 3 nitrogen and oxygen atoms in total. The van der Waals surface area contributed by atoms with E-state index in [0.29, 0.717) is 11.9 Å². The molecule has 0 aromatic heterocycles. The highest BCUT2D eigenvalue weighted by atomic mass is 31.1. The zero-order chi connectivity index (χ0) is 18.2. The lowest BCUT2D eigenvalue weighted by atomic mass is 10.3. The van der Waals surface area contributed by atoms with Gasteiger partial charge in [-0.05, 0) is 30.7 Å². The molecule has 0 aliphatic carbocycles. The highest BCUT2D eigenvalue weighted by molar-refractivity contribution is 7.73. The number of esters is 1. The molecule has 0 N–H and O–H groups in total. The van der Waals surface area contributed by atoms with Gasteiger partial charge in [0.05, 0.1) is 0 Å². The number of ether oxygens (including phenoxy) is 1. The van der Waals surface area contributed by atoms with Crippen LogP contribution in [-0.4, -0.2) is 17.9 Å². The van der Waals surface area contributed by atoms with E-state index in [1.165, 1.54) is 0 Å². The molecule has 3 rings (SSSR count). The van der Waals surface area contributed by atoms with Crippen molar-refractivity contribution in [1.29, 1.82) is 0 Å². The van der Waals surface area contributed by atoms with Crippen molar-refractivity contribution < 1.29 is 14.3 Å². The van der Waals surface area contributed by atoms with Crippen LogP contribution in [0, 0.1) is 0 Å². The van der Waals surface area contributed by atoms with Crippen molar-refractivity contribution in [3.63, 3.8) is 0 Å². The third-order valence-electron chi connectivity index (χ3n) is 3.79. The minimum atomic E-state index is -0.837. The molecule has 0 fully saturated rings. The fraction of sp³-hybridized carbons (Fsp3) is 0.0909. The predicted octanol–water partition coefficient (Wildman–Crippen LogP) is 3.68. The molecule has 0 saturated heterocycles. The Morgan fingerprint density at radius 2 is 1.15 bits per heavy atom. The van der Waals surface area contributed by atoms with Gasteiger partial charge in [0.1, 0.15) is 18.0 Å². The van der Waals surface area contributed by atoms with Crippen LogP contribution in [0.2, 0.25) is 0 Å². The summed E-state index contributed by atoms with van der Waals surface area (Å²) in [6.45, 7) is 0. The lowest BCUT2D eigenvalue weighted by Gasteiger charge is -2.17. The van der Waals surface area contributed by atoms with Crippen LogP contribution in [0.15, 0.2) is 91.0 Å². The highest BCUT2D eigenvalue weighted by Gasteiger charge is 2.20. The van der Waals surface area contributed by atoms with E-state index in [1.54, 1.807) is 24.3 Å². The summed E-state index contributed by atoms with van der Waals surface area (Å²) in [6, 6.07) is 28.8. The highest BCUT2D eigenvalue weighted by Crippen LogP contribution is 2.33. The first-order valence-electron chi connectivity index (χ1n) is 8.37. The second kappa shape index (κ2) is 9.07. The third-order valence-corrected chi connectivity index (χ3v) is 6.30. The first-order chi connectivity index (χ1) is 12.7. The van der Waals surface area contributed by atoms with Gasteiger partial charge in [-0.25, -0.2) is 0 Å².